The van der Waals surface area contributed by atoms with Gasteiger partial charge in [0.2, 0.25) is 0 Å². The van der Waals surface area contributed by atoms with E-state index in [0.717, 1.165) is 6.61 Å². The van der Waals surface area contributed by atoms with Crippen molar-refractivity contribution in [2.24, 2.45) is 17.1 Å². The van der Waals surface area contributed by atoms with Crippen molar-refractivity contribution in [1.82, 2.24) is 0 Å². The minimum Gasteiger partial charge on any atom is -0.377 e. The van der Waals surface area contributed by atoms with Crippen molar-refractivity contribution in [3.63, 3.8) is 0 Å². The third-order valence-electron chi connectivity index (χ3n) is 3.42. The Balaban J connectivity index is 2.09. The van der Waals surface area contributed by atoms with Crippen molar-refractivity contribution in [2.75, 3.05) is 6.61 Å². The van der Waals surface area contributed by atoms with E-state index >= 15 is 0 Å². The van der Waals surface area contributed by atoms with Crippen LogP contribution in [0.25, 0.3) is 0 Å². The first-order chi connectivity index (χ1) is 5.14. The summed E-state index contributed by atoms with van der Waals surface area (Å²) >= 11 is 0. The zero-order valence-electron chi connectivity index (χ0n) is 7.34. The summed E-state index contributed by atoms with van der Waals surface area (Å²) in [5.41, 5.74) is 6.26. The fourth-order valence-corrected chi connectivity index (χ4v) is 2.56. The first-order valence-electron chi connectivity index (χ1n) is 4.51. The number of ether oxygens (including phenoxy) is 1. The van der Waals surface area contributed by atoms with Crippen molar-refractivity contribution in [3.8, 4) is 0 Å². The van der Waals surface area contributed by atoms with Crippen LogP contribution in [0.2, 0.25) is 0 Å². The Bertz CT molecular complexity index is 167. The third-order valence-corrected chi connectivity index (χ3v) is 3.42. The molecule has 11 heavy (non-hydrogen) atoms. The maximum absolute atomic E-state index is 6.03. The Morgan fingerprint density at radius 3 is 2.82 bits per heavy atom. The molecule has 2 aliphatic rings. The van der Waals surface area contributed by atoms with Gasteiger partial charge in [-0.15, -0.1) is 0 Å². The highest BCUT2D eigenvalue weighted by molar-refractivity contribution is 5.08. The van der Waals surface area contributed by atoms with E-state index < -0.39 is 0 Å². The highest BCUT2D eigenvalue weighted by Crippen LogP contribution is 2.49. The number of fused-ring (bicyclic) bond motifs is 1. The molecule has 1 heterocycles. The minimum absolute atomic E-state index is 0.227. The molecule has 0 aromatic rings. The van der Waals surface area contributed by atoms with Crippen LogP contribution in [-0.4, -0.2) is 18.8 Å². The van der Waals surface area contributed by atoms with Crippen LogP contribution in [0.3, 0.4) is 0 Å². The van der Waals surface area contributed by atoms with E-state index in [0.29, 0.717) is 18.1 Å². The molecule has 0 amide bonds. The fraction of sp³-hybridized carbons (Fsp3) is 1.00. The topological polar surface area (TPSA) is 35.2 Å². The Morgan fingerprint density at radius 2 is 2.18 bits per heavy atom. The van der Waals surface area contributed by atoms with E-state index in [2.05, 4.69) is 13.8 Å². The molecule has 2 nitrogen and oxygen atoms in total. The lowest BCUT2D eigenvalue weighted by molar-refractivity contribution is -0.183. The molecule has 0 radical (unpaired) electrons. The van der Waals surface area contributed by atoms with Gasteiger partial charge in [0, 0.05) is 24.0 Å². The summed E-state index contributed by atoms with van der Waals surface area (Å²) in [5.74, 6) is 0.652. The van der Waals surface area contributed by atoms with Crippen molar-refractivity contribution < 1.29 is 4.74 Å². The zero-order chi connectivity index (χ0) is 8.06. The van der Waals surface area contributed by atoms with E-state index in [1.165, 1.54) is 12.8 Å². The molecule has 0 bridgehead atoms. The van der Waals surface area contributed by atoms with Crippen LogP contribution in [0, 0.1) is 11.3 Å². The average Bonchev–Trinajstić information content (AvgIpc) is 2.04. The Kier molecular flexibility index (Phi) is 1.52. The highest BCUT2D eigenvalue weighted by Gasteiger charge is 2.55. The van der Waals surface area contributed by atoms with Crippen molar-refractivity contribution in [2.45, 2.75) is 38.8 Å². The lowest BCUT2D eigenvalue weighted by atomic mass is 9.56. The van der Waals surface area contributed by atoms with Crippen LogP contribution >= 0.6 is 0 Å². The predicted molar refractivity (Wildman–Crippen MR) is 44.2 cm³/mol. The lowest BCUT2D eigenvalue weighted by Crippen LogP contribution is -2.67. The summed E-state index contributed by atoms with van der Waals surface area (Å²) in [7, 11) is 0. The van der Waals surface area contributed by atoms with Crippen molar-refractivity contribution in [3.05, 3.63) is 0 Å². The van der Waals surface area contributed by atoms with Gasteiger partial charge in [-0.25, -0.2) is 0 Å². The van der Waals surface area contributed by atoms with Gasteiger partial charge in [-0.2, -0.15) is 0 Å². The van der Waals surface area contributed by atoms with Gasteiger partial charge in [0.25, 0.3) is 0 Å². The molecule has 1 saturated heterocycles. The largest absolute Gasteiger partial charge is 0.377 e. The molecule has 2 rings (SSSR count). The second kappa shape index (κ2) is 2.20. The molecule has 0 spiro atoms. The minimum atomic E-state index is 0.227. The van der Waals surface area contributed by atoms with Crippen molar-refractivity contribution >= 4 is 0 Å². The molecule has 1 saturated carbocycles. The third kappa shape index (κ3) is 0.859. The summed E-state index contributed by atoms with van der Waals surface area (Å²) in [6, 6.07) is 0.368. The number of nitrogens with two attached hydrogens (primary N) is 1. The molecular formula is C9H17NO. The summed E-state index contributed by atoms with van der Waals surface area (Å²) < 4.78 is 5.68. The summed E-state index contributed by atoms with van der Waals surface area (Å²) in [4.78, 5) is 0. The van der Waals surface area contributed by atoms with E-state index in [-0.39, 0.29) is 5.41 Å². The van der Waals surface area contributed by atoms with E-state index in [4.69, 9.17) is 10.5 Å². The van der Waals surface area contributed by atoms with Gasteiger partial charge in [0.15, 0.2) is 0 Å². The number of hydrogen-bond donors (Lipinski definition) is 1. The molecule has 0 aromatic carbocycles. The van der Waals surface area contributed by atoms with Gasteiger partial charge in [-0.3, -0.25) is 0 Å². The monoisotopic (exact) mass is 155 g/mol. The molecule has 0 aromatic heterocycles. The fourth-order valence-electron chi connectivity index (χ4n) is 2.56. The van der Waals surface area contributed by atoms with Crippen LogP contribution in [0.15, 0.2) is 0 Å². The van der Waals surface area contributed by atoms with E-state index in [1.807, 2.05) is 0 Å². The standard InChI is InChI=1S/C9H17NO/c1-9(2)7(10)6-4-3-5-11-8(6)9/h6-8H,3-5,10H2,1-2H3/t6-,7-,8+/m0/s1. The summed E-state index contributed by atoms with van der Waals surface area (Å²) in [5, 5.41) is 0. The van der Waals surface area contributed by atoms with Gasteiger partial charge in [-0.05, 0) is 12.8 Å². The SMILES string of the molecule is CC1(C)[C@@H]2OCCC[C@H]2[C@@H]1N. The molecule has 0 unspecified atom stereocenters. The second-order valence-corrected chi connectivity index (χ2v) is 4.44. The maximum atomic E-state index is 6.03. The van der Waals surface area contributed by atoms with Gasteiger partial charge in [0.1, 0.15) is 0 Å². The molecular weight excluding hydrogens is 138 g/mol. The summed E-state index contributed by atoms with van der Waals surface area (Å²) in [6.07, 6.45) is 2.92. The molecule has 2 fully saturated rings. The molecule has 2 heteroatoms. The van der Waals surface area contributed by atoms with E-state index in [1.54, 1.807) is 0 Å². The lowest BCUT2D eigenvalue weighted by Gasteiger charge is -2.58. The van der Waals surface area contributed by atoms with Crippen LogP contribution in [-0.2, 0) is 4.74 Å². The molecule has 2 N–H and O–H groups in total. The maximum Gasteiger partial charge on any atom is 0.0684 e. The zero-order valence-corrected chi connectivity index (χ0v) is 7.34. The first-order valence-corrected chi connectivity index (χ1v) is 4.51. The highest BCUT2D eigenvalue weighted by atomic mass is 16.5. The van der Waals surface area contributed by atoms with Crippen LogP contribution in [0.5, 0.6) is 0 Å². The quantitative estimate of drug-likeness (QED) is 0.569. The number of rotatable bonds is 0. The molecule has 1 aliphatic heterocycles. The van der Waals surface area contributed by atoms with Gasteiger partial charge >= 0.3 is 0 Å². The Morgan fingerprint density at radius 1 is 1.45 bits per heavy atom. The second-order valence-electron chi connectivity index (χ2n) is 4.44. The van der Waals surface area contributed by atoms with Gasteiger partial charge < -0.3 is 10.5 Å². The van der Waals surface area contributed by atoms with Gasteiger partial charge in [-0.1, -0.05) is 13.8 Å². The van der Waals surface area contributed by atoms with Crippen LogP contribution in [0.1, 0.15) is 26.7 Å². The van der Waals surface area contributed by atoms with Crippen LogP contribution in [0.4, 0.5) is 0 Å². The predicted octanol–water partition coefficient (Wildman–Crippen LogP) is 1.15. The van der Waals surface area contributed by atoms with Gasteiger partial charge in [0.05, 0.1) is 6.10 Å². The summed E-state index contributed by atoms with van der Waals surface area (Å²) in [6.45, 7) is 5.37. The van der Waals surface area contributed by atoms with Crippen LogP contribution < -0.4 is 5.73 Å². The molecule has 64 valence electrons. The smallest absolute Gasteiger partial charge is 0.0684 e. The first kappa shape index (κ1) is 7.56. The Labute approximate surface area is 68.1 Å². The van der Waals surface area contributed by atoms with Crippen molar-refractivity contribution in [1.29, 1.82) is 0 Å². The number of hydrogen-bond acceptors (Lipinski definition) is 2. The normalized spacial score (nSPS) is 47.7. The Hall–Kier alpha value is -0.0800. The molecule has 3 atom stereocenters. The van der Waals surface area contributed by atoms with E-state index in [9.17, 15) is 0 Å². The average molecular weight is 155 g/mol. The molecule has 1 aliphatic carbocycles.